The van der Waals surface area contributed by atoms with Crippen LogP contribution in [0.15, 0.2) is 12.3 Å². The Balaban J connectivity index is 0.00000256. The molecule has 1 amide bonds. The molecule has 0 bridgehead atoms. The van der Waals surface area contributed by atoms with E-state index in [-0.39, 0.29) is 24.1 Å². The average molecular weight is 260 g/mol. The highest BCUT2D eigenvalue weighted by molar-refractivity contribution is 5.99. The number of amides is 1. The molecule has 0 spiro atoms. The van der Waals surface area contributed by atoms with Gasteiger partial charge in [0.25, 0.3) is 5.91 Å². The number of carbonyl (C=O) groups excluding carboxylic acids is 2. The van der Waals surface area contributed by atoms with Crippen LogP contribution in [0.5, 0.6) is 0 Å². The van der Waals surface area contributed by atoms with Crippen LogP contribution in [-0.2, 0) is 7.05 Å². The molecule has 17 heavy (non-hydrogen) atoms. The number of hydrogen-bond acceptors (Lipinski definition) is 3. The standard InChI is InChI=1S/C11H17N3O2.ClH/c1-8(15)9-6-10(14(2)7-9)11(16)13-5-3-4-12;/h6-7H,3-5,12H2,1-2H3,(H,13,16);1H. The molecule has 1 aromatic rings. The molecular weight excluding hydrogens is 242 g/mol. The molecule has 0 aliphatic heterocycles. The minimum absolute atomic E-state index is 0. The summed E-state index contributed by atoms with van der Waals surface area (Å²) in [4.78, 5) is 22.8. The third-order valence-electron chi connectivity index (χ3n) is 2.31. The van der Waals surface area contributed by atoms with Gasteiger partial charge in [-0.25, -0.2) is 0 Å². The van der Waals surface area contributed by atoms with Crippen LogP contribution < -0.4 is 11.1 Å². The zero-order chi connectivity index (χ0) is 12.1. The van der Waals surface area contributed by atoms with Crippen molar-refractivity contribution >= 4 is 24.1 Å². The van der Waals surface area contributed by atoms with E-state index in [4.69, 9.17) is 5.73 Å². The highest BCUT2D eigenvalue weighted by Gasteiger charge is 2.12. The third kappa shape index (κ3) is 4.20. The lowest BCUT2D eigenvalue weighted by Gasteiger charge is -2.04. The van der Waals surface area contributed by atoms with Gasteiger partial charge in [-0.3, -0.25) is 9.59 Å². The lowest BCUT2D eigenvalue weighted by molar-refractivity contribution is 0.0945. The summed E-state index contributed by atoms with van der Waals surface area (Å²) < 4.78 is 1.65. The molecule has 0 saturated heterocycles. The number of Topliss-reactive ketones (excluding diaryl/α,β-unsaturated/α-hetero) is 1. The number of aryl methyl sites for hydroxylation is 1. The highest BCUT2D eigenvalue weighted by Crippen LogP contribution is 2.07. The molecule has 0 aliphatic carbocycles. The van der Waals surface area contributed by atoms with Crippen molar-refractivity contribution in [1.29, 1.82) is 0 Å². The van der Waals surface area contributed by atoms with Crippen molar-refractivity contribution in [3.63, 3.8) is 0 Å². The van der Waals surface area contributed by atoms with Gasteiger partial charge in [-0.05, 0) is 26.0 Å². The number of hydrogen-bond donors (Lipinski definition) is 2. The first kappa shape index (κ1) is 15.7. The summed E-state index contributed by atoms with van der Waals surface area (Å²) in [7, 11) is 1.74. The van der Waals surface area contributed by atoms with Gasteiger partial charge in [-0.2, -0.15) is 0 Å². The van der Waals surface area contributed by atoms with Crippen molar-refractivity contribution in [1.82, 2.24) is 9.88 Å². The summed E-state index contributed by atoms with van der Waals surface area (Å²) in [6.07, 6.45) is 2.40. The normalized spacial score (nSPS) is 9.59. The van der Waals surface area contributed by atoms with Crippen LogP contribution >= 0.6 is 12.4 Å². The first-order valence-corrected chi connectivity index (χ1v) is 5.22. The number of halogens is 1. The number of ketones is 1. The summed E-state index contributed by atoms with van der Waals surface area (Å²) in [6.45, 7) is 2.58. The van der Waals surface area contributed by atoms with Crippen LogP contribution in [0, 0.1) is 0 Å². The molecular formula is C11H18ClN3O2. The van der Waals surface area contributed by atoms with Gasteiger partial charge in [0.2, 0.25) is 0 Å². The zero-order valence-electron chi connectivity index (χ0n) is 10.0. The fourth-order valence-corrected chi connectivity index (χ4v) is 1.38. The maximum Gasteiger partial charge on any atom is 0.267 e. The van der Waals surface area contributed by atoms with E-state index in [1.807, 2.05) is 0 Å². The minimum Gasteiger partial charge on any atom is -0.351 e. The summed E-state index contributed by atoms with van der Waals surface area (Å²) in [6, 6.07) is 1.60. The topological polar surface area (TPSA) is 77.1 Å². The molecule has 0 aliphatic rings. The second kappa shape index (κ2) is 7.09. The summed E-state index contributed by atoms with van der Waals surface area (Å²) in [5.74, 6) is -0.222. The van der Waals surface area contributed by atoms with Crippen LogP contribution in [0.3, 0.4) is 0 Å². The lowest BCUT2D eigenvalue weighted by atomic mass is 10.2. The number of nitrogens with zero attached hydrogens (tertiary/aromatic N) is 1. The van der Waals surface area contributed by atoms with Gasteiger partial charge in [0.05, 0.1) is 0 Å². The Morgan fingerprint density at radius 3 is 2.59 bits per heavy atom. The Labute approximate surface area is 107 Å². The van der Waals surface area contributed by atoms with Crippen molar-refractivity contribution in [2.45, 2.75) is 13.3 Å². The van der Waals surface area contributed by atoms with Gasteiger partial charge in [0, 0.05) is 25.4 Å². The van der Waals surface area contributed by atoms with E-state index in [0.717, 1.165) is 6.42 Å². The Morgan fingerprint density at radius 2 is 2.12 bits per heavy atom. The molecule has 0 aromatic carbocycles. The third-order valence-corrected chi connectivity index (χ3v) is 2.31. The minimum atomic E-state index is -0.177. The van der Waals surface area contributed by atoms with Crippen LogP contribution in [-0.4, -0.2) is 29.3 Å². The number of rotatable bonds is 5. The SMILES string of the molecule is CC(=O)c1cc(C(=O)NCCCN)n(C)c1.Cl. The second-order valence-corrected chi connectivity index (χ2v) is 3.68. The van der Waals surface area contributed by atoms with E-state index < -0.39 is 0 Å². The van der Waals surface area contributed by atoms with E-state index in [2.05, 4.69) is 5.32 Å². The van der Waals surface area contributed by atoms with E-state index in [9.17, 15) is 9.59 Å². The van der Waals surface area contributed by atoms with Crippen LogP contribution in [0.25, 0.3) is 0 Å². The zero-order valence-corrected chi connectivity index (χ0v) is 10.8. The first-order chi connectivity index (χ1) is 7.56. The quantitative estimate of drug-likeness (QED) is 0.605. The fourth-order valence-electron chi connectivity index (χ4n) is 1.38. The molecule has 1 heterocycles. The summed E-state index contributed by atoms with van der Waals surface area (Å²) in [5, 5.41) is 2.74. The van der Waals surface area contributed by atoms with Gasteiger partial charge in [-0.15, -0.1) is 12.4 Å². The maximum absolute atomic E-state index is 11.7. The number of carbonyl (C=O) groups is 2. The van der Waals surface area contributed by atoms with Gasteiger partial charge < -0.3 is 15.6 Å². The second-order valence-electron chi connectivity index (χ2n) is 3.68. The molecule has 0 atom stereocenters. The van der Waals surface area contributed by atoms with Crippen molar-refractivity contribution < 1.29 is 9.59 Å². The molecule has 3 N–H and O–H groups in total. The predicted molar refractivity (Wildman–Crippen MR) is 68.7 cm³/mol. The van der Waals surface area contributed by atoms with Crippen LogP contribution in [0.1, 0.15) is 34.2 Å². The Morgan fingerprint density at radius 1 is 1.47 bits per heavy atom. The number of nitrogens with two attached hydrogens (primary N) is 1. The number of nitrogens with one attached hydrogen (secondary N) is 1. The van der Waals surface area contributed by atoms with Gasteiger partial charge in [-0.1, -0.05) is 0 Å². The smallest absolute Gasteiger partial charge is 0.267 e. The Kier molecular flexibility index (Phi) is 6.53. The molecule has 0 saturated carbocycles. The van der Waals surface area contributed by atoms with Crippen molar-refractivity contribution in [3.8, 4) is 0 Å². The molecule has 96 valence electrons. The van der Waals surface area contributed by atoms with E-state index in [1.54, 1.807) is 23.9 Å². The van der Waals surface area contributed by atoms with Gasteiger partial charge in [0.1, 0.15) is 5.69 Å². The van der Waals surface area contributed by atoms with E-state index in [1.165, 1.54) is 6.92 Å². The maximum atomic E-state index is 11.7. The van der Waals surface area contributed by atoms with E-state index in [0.29, 0.717) is 24.3 Å². The molecule has 6 heteroatoms. The van der Waals surface area contributed by atoms with Gasteiger partial charge >= 0.3 is 0 Å². The molecule has 0 radical (unpaired) electrons. The van der Waals surface area contributed by atoms with Crippen molar-refractivity contribution in [2.75, 3.05) is 13.1 Å². The van der Waals surface area contributed by atoms with Crippen molar-refractivity contribution in [2.24, 2.45) is 12.8 Å². The van der Waals surface area contributed by atoms with Crippen LogP contribution in [0.4, 0.5) is 0 Å². The number of aromatic nitrogens is 1. The predicted octanol–water partition coefficient (Wildman–Crippen LogP) is 0.728. The molecule has 0 fully saturated rings. The monoisotopic (exact) mass is 259 g/mol. The lowest BCUT2D eigenvalue weighted by Crippen LogP contribution is -2.27. The Bertz CT molecular complexity index is 401. The average Bonchev–Trinajstić information content (AvgIpc) is 2.61. The largest absolute Gasteiger partial charge is 0.351 e. The van der Waals surface area contributed by atoms with Crippen molar-refractivity contribution in [3.05, 3.63) is 23.5 Å². The van der Waals surface area contributed by atoms with Gasteiger partial charge in [0.15, 0.2) is 5.78 Å². The van der Waals surface area contributed by atoms with E-state index >= 15 is 0 Å². The molecule has 0 unspecified atom stereocenters. The van der Waals surface area contributed by atoms with Crippen LogP contribution in [0.2, 0.25) is 0 Å². The summed E-state index contributed by atoms with van der Waals surface area (Å²) >= 11 is 0. The Hall–Kier alpha value is -1.33. The molecule has 5 nitrogen and oxygen atoms in total. The highest BCUT2D eigenvalue weighted by atomic mass is 35.5. The molecule has 1 rings (SSSR count). The fraction of sp³-hybridized carbons (Fsp3) is 0.455. The molecule has 1 aromatic heterocycles. The summed E-state index contributed by atoms with van der Waals surface area (Å²) in [5.41, 5.74) is 6.36. The first-order valence-electron chi connectivity index (χ1n) is 5.22.